The van der Waals surface area contributed by atoms with Gasteiger partial charge in [0.05, 0.1) is 17.4 Å². The molecule has 0 fully saturated rings. The van der Waals surface area contributed by atoms with Crippen LogP contribution in [-0.4, -0.2) is 16.1 Å². The molecule has 1 heterocycles. The van der Waals surface area contributed by atoms with Crippen molar-refractivity contribution in [2.75, 3.05) is 5.73 Å². The Hall–Kier alpha value is -1.58. The lowest BCUT2D eigenvalue weighted by molar-refractivity contribution is 0.0698. The number of nitrogens with two attached hydrogens (primary N) is 1. The molecule has 1 aromatic rings. The molecule has 0 atom stereocenters. The molecule has 0 aliphatic heterocycles. The number of nitrogens with zero attached hydrogens (tertiary/aromatic N) is 1. The van der Waals surface area contributed by atoms with Gasteiger partial charge in [-0.15, -0.1) is 0 Å². The van der Waals surface area contributed by atoms with E-state index in [0.29, 0.717) is 6.42 Å². The SMILES string of the molecule is CCc1cc(C(=O)O)c(N)cn1. The molecule has 0 radical (unpaired) electrons. The maximum atomic E-state index is 10.6. The van der Waals surface area contributed by atoms with E-state index in [9.17, 15) is 4.79 Å². The predicted molar refractivity (Wildman–Crippen MR) is 45.0 cm³/mol. The van der Waals surface area contributed by atoms with Crippen molar-refractivity contribution in [1.82, 2.24) is 4.98 Å². The molecule has 12 heavy (non-hydrogen) atoms. The summed E-state index contributed by atoms with van der Waals surface area (Å²) in [5.41, 5.74) is 6.47. The largest absolute Gasteiger partial charge is 0.478 e. The molecule has 0 aliphatic rings. The lowest BCUT2D eigenvalue weighted by atomic mass is 10.2. The van der Waals surface area contributed by atoms with E-state index in [2.05, 4.69) is 4.98 Å². The van der Waals surface area contributed by atoms with Gasteiger partial charge in [0.2, 0.25) is 0 Å². The Kier molecular flexibility index (Phi) is 2.28. The van der Waals surface area contributed by atoms with Crippen LogP contribution in [0.4, 0.5) is 5.69 Å². The van der Waals surface area contributed by atoms with Gasteiger partial charge in [-0.25, -0.2) is 4.79 Å². The molecule has 1 aromatic heterocycles. The molecule has 3 N–H and O–H groups in total. The highest BCUT2D eigenvalue weighted by Gasteiger charge is 2.08. The molecule has 0 amide bonds. The summed E-state index contributed by atoms with van der Waals surface area (Å²) < 4.78 is 0. The normalized spacial score (nSPS) is 9.75. The Morgan fingerprint density at radius 1 is 1.75 bits per heavy atom. The molecular weight excluding hydrogens is 156 g/mol. The number of aromatic carboxylic acids is 1. The zero-order valence-electron chi connectivity index (χ0n) is 6.74. The van der Waals surface area contributed by atoms with Gasteiger partial charge < -0.3 is 10.8 Å². The van der Waals surface area contributed by atoms with Crippen molar-refractivity contribution in [3.63, 3.8) is 0 Å². The molecule has 0 bridgehead atoms. The summed E-state index contributed by atoms with van der Waals surface area (Å²) in [7, 11) is 0. The second-order valence-electron chi connectivity index (χ2n) is 2.42. The molecule has 0 spiro atoms. The number of aryl methyl sites for hydroxylation is 1. The number of carboxylic acids is 1. The van der Waals surface area contributed by atoms with Gasteiger partial charge in [0.15, 0.2) is 0 Å². The van der Waals surface area contributed by atoms with E-state index in [1.54, 1.807) is 0 Å². The Labute approximate surface area is 70.0 Å². The van der Waals surface area contributed by atoms with E-state index >= 15 is 0 Å². The highest BCUT2D eigenvalue weighted by molar-refractivity contribution is 5.93. The first kappa shape index (κ1) is 8.52. The van der Waals surface area contributed by atoms with E-state index in [1.807, 2.05) is 6.92 Å². The summed E-state index contributed by atoms with van der Waals surface area (Å²) in [6.45, 7) is 1.91. The average Bonchev–Trinajstić information content (AvgIpc) is 2.05. The highest BCUT2D eigenvalue weighted by Crippen LogP contribution is 2.11. The third-order valence-corrected chi connectivity index (χ3v) is 1.58. The van der Waals surface area contributed by atoms with E-state index < -0.39 is 5.97 Å². The summed E-state index contributed by atoms with van der Waals surface area (Å²) >= 11 is 0. The zero-order valence-corrected chi connectivity index (χ0v) is 6.74. The predicted octanol–water partition coefficient (Wildman–Crippen LogP) is 0.924. The van der Waals surface area contributed by atoms with Crippen molar-refractivity contribution < 1.29 is 9.90 Å². The Morgan fingerprint density at radius 3 is 2.92 bits per heavy atom. The van der Waals surface area contributed by atoms with Crippen molar-refractivity contribution in [2.45, 2.75) is 13.3 Å². The number of pyridine rings is 1. The summed E-state index contributed by atoms with van der Waals surface area (Å²) in [6, 6.07) is 1.50. The number of hydrogen-bond donors (Lipinski definition) is 2. The number of aromatic nitrogens is 1. The van der Waals surface area contributed by atoms with Crippen molar-refractivity contribution in [2.24, 2.45) is 0 Å². The number of carbonyl (C=O) groups is 1. The minimum Gasteiger partial charge on any atom is -0.478 e. The van der Waals surface area contributed by atoms with Gasteiger partial charge in [-0.3, -0.25) is 4.98 Å². The van der Waals surface area contributed by atoms with E-state index in [4.69, 9.17) is 10.8 Å². The third-order valence-electron chi connectivity index (χ3n) is 1.58. The lowest BCUT2D eigenvalue weighted by Gasteiger charge is -2.01. The van der Waals surface area contributed by atoms with Crippen LogP contribution in [0.3, 0.4) is 0 Å². The topological polar surface area (TPSA) is 76.2 Å². The minimum absolute atomic E-state index is 0.127. The van der Waals surface area contributed by atoms with E-state index in [-0.39, 0.29) is 11.3 Å². The molecule has 0 aromatic carbocycles. The van der Waals surface area contributed by atoms with Gasteiger partial charge in [0.1, 0.15) is 0 Å². The van der Waals surface area contributed by atoms with Crippen LogP contribution in [0, 0.1) is 0 Å². The van der Waals surface area contributed by atoms with Gasteiger partial charge in [-0.05, 0) is 12.5 Å². The molecule has 0 aliphatic carbocycles. The quantitative estimate of drug-likeness (QED) is 0.685. The maximum absolute atomic E-state index is 10.6. The summed E-state index contributed by atoms with van der Waals surface area (Å²) in [5.74, 6) is -1.01. The smallest absolute Gasteiger partial charge is 0.337 e. The second kappa shape index (κ2) is 3.21. The van der Waals surface area contributed by atoms with Gasteiger partial charge >= 0.3 is 5.97 Å². The number of anilines is 1. The fraction of sp³-hybridized carbons (Fsp3) is 0.250. The standard InChI is InChI=1S/C8H10N2O2/c1-2-5-3-6(8(11)12)7(9)4-10-5/h3-4H,2,9H2,1H3,(H,11,12). The third kappa shape index (κ3) is 1.53. The monoisotopic (exact) mass is 166 g/mol. The second-order valence-corrected chi connectivity index (χ2v) is 2.42. The fourth-order valence-electron chi connectivity index (χ4n) is 0.888. The van der Waals surface area contributed by atoms with Crippen molar-refractivity contribution >= 4 is 11.7 Å². The maximum Gasteiger partial charge on any atom is 0.337 e. The molecule has 64 valence electrons. The average molecular weight is 166 g/mol. The molecule has 0 saturated heterocycles. The number of rotatable bonds is 2. The first-order valence-electron chi connectivity index (χ1n) is 3.62. The zero-order chi connectivity index (χ0) is 9.14. The molecular formula is C8H10N2O2. The van der Waals surface area contributed by atoms with Crippen LogP contribution in [0.25, 0.3) is 0 Å². The first-order chi connectivity index (χ1) is 5.65. The highest BCUT2D eigenvalue weighted by atomic mass is 16.4. The molecule has 1 rings (SSSR count). The van der Waals surface area contributed by atoms with Crippen LogP contribution in [0.5, 0.6) is 0 Å². The van der Waals surface area contributed by atoms with Gasteiger partial charge in [0.25, 0.3) is 0 Å². The van der Waals surface area contributed by atoms with Crippen molar-refractivity contribution in [1.29, 1.82) is 0 Å². The minimum atomic E-state index is -1.01. The Balaban J connectivity index is 3.17. The number of nitrogen functional groups attached to an aromatic ring is 1. The summed E-state index contributed by atoms with van der Waals surface area (Å²) in [6.07, 6.45) is 2.09. The van der Waals surface area contributed by atoms with Crippen LogP contribution in [0.15, 0.2) is 12.3 Å². The van der Waals surface area contributed by atoms with Crippen LogP contribution >= 0.6 is 0 Å². The van der Waals surface area contributed by atoms with Gasteiger partial charge in [0, 0.05) is 5.69 Å². The summed E-state index contributed by atoms with van der Waals surface area (Å²) in [5, 5.41) is 8.68. The van der Waals surface area contributed by atoms with E-state index in [0.717, 1.165) is 5.69 Å². The number of hydrogen-bond acceptors (Lipinski definition) is 3. The molecule has 4 heteroatoms. The molecule has 0 saturated carbocycles. The molecule has 0 unspecified atom stereocenters. The number of carboxylic acid groups (broad SMARTS) is 1. The van der Waals surface area contributed by atoms with Crippen molar-refractivity contribution in [3.05, 3.63) is 23.5 Å². The van der Waals surface area contributed by atoms with Crippen LogP contribution < -0.4 is 5.73 Å². The van der Waals surface area contributed by atoms with Crippen molar-refractivity contribution in [3.8, 4) is 0 Å². The Morgan fingerprint density at radius 2 is 2.42 bits per heavy atom. The van der Waals surface area contributed by atoms with E-state index in [1.165, 1.54) is 12.3 Å². The first-order valence-corrected chi connectivity index (χ1v) is 3.62. The van der Waals surface area contributed by atoms with Gasteiger partial charge in [-0.2, -0.15) is 0 Å². The van der Waals surface area contributed by atoms with Gasteiger partial charge in [-0.1, -0.05) is 6.92 Å². The lowest BCUT2D eigenvalue weighted by Crippen LogP contribution is -2.04. The molecule has 4 nitrogen and oxygen atoms in total. The van der Waals surface area contributed by atoms with Crippen LogP contribution in [0.2, 0.25) is 0 Å². The fourth-order valence-corrected chi connectivity index (χ4v) is 0.888. The summed E-state index contributed by atoms with van der Waals surface area (Å²) in [4.78, 5) is 14.5. The Bertz CT molecular complexity index is 310. The van der Waals surface area contributed by atoms with Crippen LogP contribution in [0.1, 0.15) is 23.0 Å². The van der Waals surface area contributed by atoms with Crippen LogP contribution in [-0.2, 0) is 6.42 Å².